The Kier molecular flexibility index (Phi) is 5.63. The summed E-state index contributed by atoms with van der Waals surface area (Å²) >= 11 is 6.38. The van der Waals surface area contributed by atoms with Crippen LogP contribution in [0.15, 0.2) is 66.7 Å². The molecule has 0 aliphatic carbocycles. The van der Waals surface area contributed by atoms with Crippen LogP contribution >= 0.6 is 11.6 Å². The number of imide groups is 1. The van der Waals surface area contributed by atoms with Crippen LogP contribution in [0.2, 0.25) is 5.02 Å². The first kappa shape index (κ1) is 21.9. The number of fused-ring (bicyclic) bond motifs is 2. The fourth-order valence-electron chi connectivity index (χ4n) is 4.35. The van der Waals surface area contributed by atoms with Gasteiger partial charge in [0, 0.05) is 23.7 Å². The number of para-hydroxylation sites is 1. The molecule has 0 saturated heterocycles. The molecule has 2 N–H and O–H groups in total. The molecular formula is C26H20ClN3O4. The van der Waals surface area contributed by atoms with E-state index in [9.17, 15) is 19.2 Å². The number of carbonyl (C=O) groups is 4. The first-order valence-corrected chi connectivity index (χ1v) is 11.3. The molecule has 3 aromatic carbocycles. The van der Waals surface area contributed by atoms with Crippen LogP contribution in [0.3, 0.4) is 0 Å². The lowest BCUT2D eigenvalue weighted by Crippen LogP contribution is -2.30. The van der Waals surface area contributed by atoms with Gasteiger partial charge in [0.25, 0.3) is 11.8 Å². The van der Waals surface area contributed by atoms with Gasteiger partial charge in [-0.1, -0.05) is 41.9 Å². The molecule has 5 rings (SSSR count). The standard InChI is InChI=1S/C26H20ClN3O4/c27-20-14-17(10-11-22(20)30-25(33)18-6-2-3-7-19(18)26(30)34)28-23(31)12-9-16-13-15-5-1-4-8-21(15)29-24(16)32/h1-8,10-11,14,16H,9,12-13H2,(H,28,31)(H,29,32). The van der Waals surface area contributed by atoms with Gasteiger partial charge in [-0.05, 0) is 54.8 Å². The zero-order chi connectivity index (χ0) is 23.8. The van der Waals surface area contributed by atoms with E-state index in [0.29, 0.717) is 29.7 Å². The van der Waals surface area contributed by atoms with Gasteiger partial charge in [0.05, 0.1) is 21.8 Å². The van der Waals surface area contributed by atoms with Crippen LogP contribution in [0.4, 0.5) is 17.1 Å². The van der Waals surface area contributed by atoms with Crippen molar-refractivity contribution in [1.29, 1.82) is 0 Å². The Morgan fingerprint density at radius 3 is 2.35 bits per heavy atom. The van der Waals surface area contributed by atoms with Gasteiger partial charge in [-0.2, -0.15) is 0 Å². The van der Waals surface area contributed by atoms with Crippen LogP contribution in [-0.2, 0) is 16.0 Å². The number of carbonyl (C=O) groups excluding carboxylic acids is 4. The first-order chi connectivity index (χ1) is 16.4. The average molecular weight is 474 g/mol. The Morgan fingerprint density at radius 1 is 0.971 bits per heavy atom. The van der Waals surface area contributed by atoms with Crippen LogP contribution in [0.5, 0.6) is 0 Å². The molecule has 2 aliphatic rings. The van der Waals surface area contributed by atoms with E-state index in [1.54, 1.807) is 30.3 Å². The summed E-state index contributed by atoms with van der Waals surface area (Å²) in [5, 5.41) is 5.82. The summed E-state index contributed by atoms with van der Waals surface area (Å²) < 4.78 is 0. The smallest absolute Gasteiger partial charge is 0.266 e. The summed E-state index contributed by atoms with van der Waals surface area (Å²) in [7, 11) is 0. The molecule has 0 spiro atoms. The van der Waals surface area contributed by atoms with Crippen molar-refractivity contribution in [3.05, 3.63) is 88.4 Å². The van der Waals surface area contributed by atoms with Crippen LogP contribution in [-0.4, -0.2) is 23.6 Å². The largest absolute Gasteiger partial charge is 0.326 e. The summed E-state index contributed by atoms with van der Waals surface area (Å²) in [4.78, 5) is 51.3. The summed E-state index contributed by atoms with van der Waals surface area (Å²) in [6, 6.07) is 18.9. The number of nitrogens with zero attached hydrogens (tertiary/aromatic N) is 1. The van der Waals surface area contributed by atoms with Crippen molar-refractivity contribution in [2.75, 3.05) is 15.5 Å². The van der Waals surface area contributed by atoms with E-state index >= 15 is 0 Å². The SMILES string of the molecule is O=C(CCC1Cc2ccccc2NC1=O)Nc1ccc(N2C(=O)c3ccccc3C2=O)c(Cl)c1. The third kappa shape index (κ3) is 3.95. The molecule has 0 saturated carbocycles. The minimum absolute atomic E-state index is 0.0835. The zero-order valence-corrected chi connectivity index (χ0v) is 18.8. The molecule has 2 aliphatic heterocycles. The summed E-state index contributed by atoms with van der Waals surface area (Å²) in [5.74, 6) is -1.49. The molecule has 34 heavy (non-hydrogen) atoms. The minimum Gasteiger partial charge on any atom is -0.326 e. The minimum atomic E-state index is -0.438. The molecule has 2 heterocycles. The van der Waals surface area contributed by atoms with Crippen molar-refractivity contribution in [1.82, 2.24) is 0 Å². The molecule has 0 fully saturated rings. The molecule has 0 aromatic heterocycles. The van der Waals surface area contributed by atoms with Gasteiger partial charge in [-0.25, -0.2) is 4.90 Å². The van der Waals surface area contributed by atoms with Crippen molar-refractivity contribution in [3.8, 4) is 0 Å². The van der Waals surface area contributed by atoms with E-state index in [-0.39, 0.29) is 34.9 Å². The van der Waals surface area contributed by atoms with Crippen molar-refractivity contribution < 1.29 is 19.2 Å². The highest BCUT2D eigenvalue weighted by Gasteiger charge is 2.37. The quantitative estimate of drug-likeness (QED) is 0.526. The predicted octanol–water partition coefficient (Wildman–Crippen LogP) is 4.67. The number of amides is 4. The van der Waals surface area contributed by atoms with E-state index < -0.39 is 11.8 Å². The summed E-state index contributed by atoms with van der Waals surface area (Å²) in [6.07, 6.45) is 1.17. The molecule has 0 bridgehead atoms. The van der Waals surface area contributed by atoms with Crippen LogP contribution in [0.25, 0.3) is 0 Å². The third-order valence-electron chi connectivity index (χ3n) is 6.10. The highest BCUT2D eigenvalue weighted by atomic mass is 35.5. The molecule has 0 radical (unpaired) electrons. The van der Waals surface area contributed by atoms with E-state index in [4.69, 9.17) is 11.6 Å². The molecule has 3 aromatic rings. The van der Waals surface area contributed by atoms with Gasteiger partial charge in [-0.15, -0.1) is 0 Å². The van der Waals surface area contributed by atoms with Crippen LogP contribution in [0, 0.1) is 5.92 Å². The Labute approximate surface area is 200 Å². The normalized spacial score (nSPS) is 16.7. The molecule has 1 atom stereocenters. The second-order valence-corrected chi connectivity index (χ2v) is 8.70. The zero-order valence-electron chi connectivity index (χ0n) is 18.0. The van der Waals surface area contributed by atoms with Crippen molar-refractivity contribution in [2.45, 2.75) is 19.3 Å². The molecule has 4 amide bonds. The van der Waals surface area contributed by atoms with E-state index in [2.05, 4.69) is 10.6 Å². The maximum absolute atomic E-state index is 12.7. The lowest BCUT2D eigenvalue weighted by molar-refractivity contribution is -0.121. The van der Waals surface area contributed by atoms with Gasteiger partial charge < -0.3 is 10.6 Å². The number of anilines is 3. The number of rotatable bonds is 5. The third-order valence-corrected chi connectivity index (χ3v) is 6.40. The number of nitrogens with one attached hydrogen (secondary N) is 2. The van der Waals surface area contributed by atoms with Gasteiger partial charge in [0.1, 0.15) is 0 Å². The van der Waals surface area contributed by atoms with Crippen molar-refractivity contribution in [2.24, 2.45) is 5.92 Å². The number of halogens is 1. The fraction of sp³-hybridized carbons (Fsp3) is 0.154. The van der Waals surface area contributed by atoms with E-state index in [1.165, 1.54) is 12.1 Å². The Hall–Kier alpha value is -3.97. The second kappa shape index (κ2) is 8.76. The van der Waals surface area contributed by atoms with Gasteiger partial charge >= 0.3 is 0 Å². The summed E-state index contributed by atoms with van der Waals surface area (Å²) in [5.41, 5.74) is 3.23. The lowest BCUT2D eigenvalue weighted by atomic mass is 9.89. The average Bonchev–Trinajstić information content (AvgIpc) is 3.08. The maximum atomic E-state index is 12.7. The van der Waals surface area contributed by atoms with Crippen molar-refractivity contribution >= 4 is 52.3 Å². The molecular weight excluding hydrogens is 454 g/mol. The number of hydrogen-bond acceptors (Lipinski definition) is 4. The predicted molar refractivity (Wildman–Crippen MR) is 129 cm³/mol. The first-order valence-electron chi connectivity index (χ1n) is 10.9. The number of hydrogen-bond donors (Lipinski definition) is 2. The van der Waals surface area contributed by atoms with Crippen molar-refractivity contribution in [3.63, 3.8) is 0 Å². The maximum Gasteiger partial charge on any atom is 0.266 e. The van der Waals surface area contributed by atoms with E-state index in [0.717, 1.165) is 16.2 Å². The molecule has 170 valence electrons. The number of benzene rings is 3. The molecule has 8 heteroatoms. The van der Waals surface area contributed by atoms with Gasteiger partial charge in [-0.3, -0.25) is 19.2 Å². The monoisotopic (exact) mass is 473 g/mol. The van der Waals surface area contributed by atoms with Gasteiger partial charge in [0.15, 0.2) is 0 Å². The summed E-state index contributed by atoms with van der Waals surface area (Å²) in [6.45, 7) is 0. The lowest BCUT2D eigenvalue weighted by Gasteiger charge is -2.24. The van der Waals surface area contributed by atoms with E-state index in [1.807, 2.05) is 24.3 Å². The highest BCUT2D eigenvalue weighted by Crippen LogP contribution is 2.35. The van der Waals surface area contributed by atoms with Crippen LogP contribution in [0.1, 0.15) is 39.1 Å². The Balaban J connectivity index is 1.23. The second-order valence-electron chi connectivity index (χ2n) is 8.29. The topological polar surface area (TPSA) is 95.6 Å². The Morgan fingerprint density at radius 2 is 1.65 bits per heavy atom. The highest BCUT2D eigenvalue weighted by molar-refractivity contribution is 6.40. The fourth-order valence-corrected chi connectivity index (χ4v) is 4.61. The van der Waals surface area contributed by atoms with Crippen LogP contribution < -0.4 is 15.5 Å². The molecule has 7 nitrogen and oxygen atoms in total. The molecule has 1 unspecified atom stereocenters. The Bertz CT molecular complexity index is 1320. The van der Waals surface area contributed by atoms with Gasteiger partial charge in [0.2, 0.25) is 11.8 Å².